The fraction of sp³-hybridized carbons (Fsp3) is 0.333. The highest BCUT2D eigenvalue weighted by atomic mass is 16.1. The molecule has 0 aromatic carbocycles. The number of isocyanates is 1. The Bertz CT molecular complexity index is 260. The molecule has 1 aromatic rings. The van der Waals surface area contributed by atoms with Crippen molar-refractivity contribution in [3.63, 3.8) is 0 Å². The monoisotopic (exact) mass is 137 g/mol. The van der Waals surface area contributed by atoms with Crippen LogP contribution in [0.2, 0.25) is 0 Å². The fourth-order valence-electron chi connectivity index (χ4n) is 0.716. The van der Waals surface area contributed by atoms with E-state index in [0.717, 1.165) is 12.2 Å². The largest absolute Gasteiger partial charge is 0.259 e. The van der Waals surface area contributed by atoms with Crippen molar-refractivity contribution in [1.29, 1.82) is 0 Å². The molecule has 1 aromatic heterocycles. The molecular formula is C6H7N3O. The van der Waals surface area contributed by atoms with Crippen molar-refractivity contribution in [1.82, 2.24) is 9.66 Å². The third-order valence-electron chi connectivity index (χ3n) is 1.16. The van der Waals surface area contributed by atoms with Gasteiger partial charge in [-0.05, 0) is 0 Å². The van der Waals surface area contributed by atoms with E-state index in [9.17, 15) is 4.79 Å². The molecule has 1 rings (SSSR count). The summed E-state index contributed by atoms with van der Waals surface area (Å²) >= 11 is 0. The lowest BCUT2D eigenvalue weighted by Gasteiger charge is -1.91. The summed E-state index contributed by atoms with van der Waals surface area (Å²) in [6.07, 6.45) is 5.42. The van der Waals surface area contributed by atoms with Crippen molar-refractivity contribution in [2.24, 2.45) is 5.10 Å². The van der Waals surface area contributed by atoms with Gasteiger partial charge >= 0.3 is 0 Å². The lowest BCUT2D eigenvalue weighted by Crippen LogP contribution is -1.93. The second kappa shape index (κ2) is 2.94. The lowest BCUT2D eigenvalue weighted by molar-refractivity contribution is 0.558. The van der Waals surface area contributed by atoms with E-state index in [4.69, 9.17) is 0 Å². The molecule has 0 amide bonds. The number of hydrogen-bond donors (Lipinski definition) is 0. The highest BCUT2D eigenvalue weighted by molar-refractivity contribution is 5.32. The van der Waals surface area contributed by atoms with Crippen molar-refractivity contribution in [3.05, 3.63) is 18.2 Å². The minimum absolute atomic E-state index is 0.762. The van der Waals surface area contributed by atoms with Gasteiger partial charge in [0.25, 0.3) is 6.08 Å². The van der Waals surface area contributed by atoms with Gasteiger partial charge in [-0.2, -0.15) is 0 Å². The summed E-state index contributed by atoms with van der Waals surface area (Å²) in [6, 6.07) is 0. The Kier molecular flexibility index (Phi) is 1.97. The number of aromatic nitrogens is 2. The maximum atomic E-state index is 9.80. The van der Waals surface area contributed by atoms with Crippen LogP contribution in [0.25, 0.3) is 0 Å². The Morgan fingerprint density at radius 3 is 3.30 bits per heavy atom. The van der Waals surface area contributed by atoms with Crippen LogP contribution >= 0.6 is 0 Å². The van der Waals surface area contributed by atoms with Crippen molar-refractivity contribution < 1.29 is 4.79 Å². The van der Waals surface area contributed by atoms with E-state index in [2.05, 4.69) is 10.1 Å². The second-order valence-electron chi connectivity index (χ2n) is 1.73. The first kappa shape index (κ1) is 6.71. The summed E-state index contributed by atoms with van der Waals surface area (Å²) in [5.41, 5.74) is 0. The van der Waals surface area contributed by atoms with Crippen LogP contribution in [-0.2, 0) is 11.2 Å². The Morgan fingerprint density at radius 2 is 2.70 bits per heavy atom. The molecule has 0 saturated carbocycles. The van der Waals surface area contributed by atoms with E-state index in [-0.39, 0.29) is 0 Å². The molecule has 0 aliphatic rings. The molecule has 1 heterocycles. The average Bonchev–Trinajstić information content (AvgIpc) is 2.36. The highest BCUT2D eigenvalue weighted by Gasteiger charge is 1.95. The van der Waals surface area contributed by atoms with E-state index in [1.807, 2.05) is 6.92 Å². The lowest BCUT2D eigenvalue weighted by atomic mass is 10.5. The van der Waals surface area contributed by atoms with E-state index < -0.39 is 0 Å². The topological polar surface area (TPSA) is 47.2 Å². The summed E-state index contributed by atoms with van der Waals surface area (Å²) in [7, 11) is 0. The minimum atomic E-state index is 0.762. The molecule has 0 bridgehead atoms. The third-order valence-corrected chi connectivity index (χ3v) is 1.16. The molecule has 0 N–H and O–H groups in total. The van der Waals surface area contributed by atoms with Crippen molar-refractivity contribution in [3.8, 4) is 0 Å². The van der Waals surface area contributed by atoms with E-state index >= 15 is 0 Å². The molecule has 4 heteroatoms. The smallest absolute Gasteiger partial charge is 0.240 e. The normalized spacial score (nSPS) is 8.90. The molecule has 0 aliphatic carbocycles. The van der Waals surface area contributed by atoms with Gasteiger partial charge in [0.15, 0.2) is 0 Å². The standard InChI is InChI=1S/C6H7N3O/c1-2-6-7-3-4-9(6)8-5-10/h3-4H,2H2,1H3. The number of nitrogens with zero attached hydrogens (tertiary/aromatic N) is 3. The Labute approximate surface area is 58.2 Å². The zero-order valence-electron chi connectivity index (χ0n) is 5.61. The second-order valence-corrected chi connectivity index (χ2v) is 1.73. The predicted octanol–water partition coefficient (Wildman–Crippen LogP) is 0.544. The van der Waals surface area contributed by atoms with Gasteiger partial charge in [0.2, 0.25) is 0 Å². The first-order chi connectivity index (χ1) is 4.88. The molecule has 0 atom stereocenters. The van der Waals surface area contributed by atoms with Gasteiger partial charge in [0.05, 0.1) is 0 Å². The number of rotatable bonds is 2. The van der Waals surface area contributed by atoms with Crippen molar-refractivity contribution >= 4 is 6.08 Å². The van der Waals surface area contributed by atoms with Crippen LogP contribution in [0.3, 0.4) is 0 Å². The first-order valence-electron chi connectivity index (χ1n) is 2.99. The van der Waals surface area contributed by atoms with Gasteiger partial charge in [0.1, 0.15) is 5.82 Å². The number of carbonyl (C=O) groups excluding carboxylic acids is 1. The third kappa shape index (κ3) is 1.11. The number of imidazole rings is 1. The van der Waals surface area contributed by atoms with Crippen LogP contribution in [0, 0.1) is 0 Å². The van der Waals surface area contributed by atoms with E-state index in [1.165, 1.54) is 10.8 Å². The summed E-state index contributed by atoms with van der Waals surface area (Å²) in [4.78, 5) is 13.7. The highest BCUT2D eigenvalue weighted by Crippen LogP contribution is 1.95. The molecule has 52 valence electrons. The maximum absolute atomic E-state index is 9.80. The predicted molar refractivity (Wildman–Crippen MR) is 35.1 cm³/mol. The minimum Gasteiger partial charge on any atom is -0.240 e. The summed E-state index contributed by atoms with van der Waals surface area (Å²) < 4.78 is 1.41. The van der Waals surface area contributed by atoms with Gasteiger partial charge in [-0.25, -0.2) is 14.5 Å². The zero-order chi connectivity index (χ0) is 7.40. The Morgan fingerprint density at radius 1 is 1.90 bits per heavy atom. The van der Waals surface area contributed by atoms with E-state index in [1.54, 1.807) is 12.4 Å². The van der Waals surface area contributed by atoms with Gasteiger partial charge in [0, 0.05) is 18.8 Å². The van der Waals surface area contributed by atoms with E-state index in [0.29, 0.717) is 0 Å². The first-order valence-corrected chi connectivity index (χ1v) is 2.99. The van der Waals surface area contributed by atoms with Gasteiger partial charge in [-0.1, -0.05) is 12.0 Å². The van der Waals surface area contributed by atoms with Gasteiger partial charge in [-0.3, -0.25) is 0 Å². The molecule has 0 aliphatic heterocycles. The molecule has 0 radical (unpaired) electrons. The fourth-order valence-corrected chi connectivity index (χ4v) is 0.716. The van der Waals surface area contributed by atoms with Crippen LogP contribution in [0.1, 0.15) is 12.7 Å². The summed E-state index contributed by atoms with van der Waals surface area (Å²) in [6.45, 7) is 1.94. The van der Waals surface area contributed by atoms with Crippen LogP contribution < -0.4 is 0 Å². The Hall–Kier alpha value is -1.41. The van der Waals surface area contributed by atoms with Gasteiger partial charge < -0.3 is 0 Å². The quantitative estimate of drug-likeness (QED) is 0.441. The molecule has 4 nitrogen and oxygen atoms in total. The van der Waals surface area contributed by atoms with Crippen LogP contribution in [0.5, 0.6) is 0 Å². The summed E-state index contributed by atoms with van der Waals surface area (Å²) in [5.74, 6) is 0.767. The zero-order valence-corrected chi connectivity index (χ0v) is 5.61. The van der Waals surface area contributed by atoms with Crippen molar-refractivity contribution in [2.75, 3.05) is 0 Å². The summed E-state index contributed by atoms with van der Waals surface area (Å²) in [5, 5.41) is 3.39. The van der Waals surface area contributed by atoms with Gasteiger partial charge in [-0.15, -0.1) is 0 Å². The van der Waals surface area contributed by atoms with Crippen LogP contribution in [0.15, 0.2) is 17.5 Å². The maximum Gasteiger partial charge on any atom is 0.259 e. The average molecular weight is 137 g/mol. The molecule has 0 unspecified atom stereocenters. The van der Waals surface area contributed by atoms with Crippen LogP contribution in [0.4, 0.5) is 0 Å². The Balaban J connectivity index is 3.00. The van der Waals surface area contributed by atoms with Crippen LogP contribution in [-0.4, -0.2) is 15.7 Å². The molecule has 0 spiro atoms. The SMILES string of the molecule is CCc1nccn1N=C=O. The number of hydrogen-bond acceptors (Lipinski definition) is 3. The molecule has 10 heavy (non-hydrogen) atoms. The molecule has 0 saturated heterocycles. The molecule has 0 fully saturated rings. The number of aryl methyl sites for hydroxylation is 1. The van der Waals surface area contributed by atoms with Crippen molar-refractivity contribution in [2.45, 2.75) is 13.3 Å². The molecular weight excluding hydrogens is 130 g/mol.